The van der Waals surface area contributed by atoms with Gasteiger partial charge in [0.15, 0.2) is 0 Å². The molecule has 6 heteroatoms. The largest absolute Gasteiger partial charge is 0.466 e. The highest BCUT2D eigenvalue weighted by molar-refractivity contribution is 5.76. The van der Waals surface area contributed by atoms with Crippen molar-refractivity contribution in [2.75, 3.05) is 13.2 Å². The van der Waals surface area contributed by atoms with E-state index in [1.165, 1.54) is 353 Å². The Morgan fingerprint density at radius 3 is 0.845 bits per heavy atom. The van der Waals surface area contributed by atoms with Crippen LogP contribution in [0.5, 0.6) is 0 Å². The lowest BCUT2D eigenvalue weighted by molar-refractivity contribution is -0.143. The van der Waals surface area contributed by atoms with E-state index in [1.54, 1.807) is 6.08 Å². The summed E-state index contributed by atoms with van der Waals surface area (Å²) in [5.74, 6) is -0.0580. The number of amides is 1. The molecule has 6 nitrogen and oxygen atoms in total. The number of nitrogens with one attached hydrogen (secondary N) is 1. The van der Waals surface area contributed by atoms with E-state index in [2.05, 4.69) is 43.5 Å². The van der Waals surface area contributed by atoms with Gasteiger partial charge in [-0.3, -0.25) is 9.59 Å². The smallest absolute Gasteiger partial charge is 0.305 e. The molecule has 2 atom stereocenters. The summed E-state index contributed by atoms with van der Waals surface area (Å²) < 4.78 is 5.50. The minimum absolute atomic E-state index is 0.00730. The molecule has 0 aliphatic heterocycles. The van der Waals surface area contributed by atoms with Crippen LogP contribution in [-0.2, 0) is 14.3 Å². The average molecular weight is 1180 g/mol. The first-order valence-corrected chi connectivity index (χ1v) is 38.3. The normalized spacial score (nSPS) is 12.7. The monoisotopic (exact) mass is 1180 g/mol. The first-order valence-electron chi connectivity index (χ1n) is 38.3. The fourth-order valence-electron chi connectivity index (χ4n) is 12.0. The fraction of sp³-hybridized carbons (Fsp3) is 0.897. The Kier molecular flexibility index (Phi) is 71.9. The van der Waals surface area contributed by atoms with Crippen molar-refractivity contribution in [3.05, 3.63) is 36.5 Å². The van der Waals surface area contributed by atoms with Gasteiger partial charge in [0.2, 0.25) is 5.91 Å². The predicted octanol–water partition coefficient (Wildman–Crippen LogP) is 25.0. The standard InChI is InChI=1S/C78H149NO5/c1-3-5-7-9-11-13-15-17-19-21-22-23-24-27-30-33-36-39-42-46-50-54-58-62-66-70-76(81)75(74-80)79-77(82)71-67-63-59-55-51-47-43-40-37-34-31-28-25-26-29-32-35-38-41-45-49-53-57-61-65-69-73-84-78(83)72-68-64-60-56-52-48-44-20-18-16-14-12-10-8-6-4-2/h20,25,28,44,66,70,75-76,80-81H,3-19,21-24,26-27,29-43,45-65,67-69,71-74H2,1-2H3,(H,79,82)/b28-25-,44-20-,70-66+. The van der Waals surface area contributed by atoms with Gasteiger partial charge in [0.25, 0.3) is 0 Å². The molecule has 496 valence electrons. The SMILES string of the molecule is CCCCCCCCC/C=C\CCCCCCCC(=O)OCCCCCCCCCCCCCC/C=C\CCCCCCCCCCCCC(=O)NC(CO)C(O)/C=C/CCCCCCCCCCCCCCCCCCCCCCCCC. The van der Waals surface area contributed by atoms with Crippen molar-refractivity contribution in [2.45, 2.75) is 437 Å². The van der Waals surface area contributed by atoms with Gasteiger partial charge >= 0.3 is 5.97 Å². The molecular formula is C78H149NO5. The van der Waals surface area contributed by atoms with Gasteiger partial charge in [0, 0.05) is 12.8 Å². The predicted molar refractivity (Wildman–Crippen MR) is 370 cm³/mol. The molecule has 0 saturated heterocycles. The number of allylic oxidation sites excluding steroid dienone is 5. The summed E-state index contributed by atoms with van der Waals surface area (Å²) in [6, 6.07) is -0.631. The maximum absolute atomic E-state index is 12.5. The van der Waals surface area contributed by atoms with Crippen molar-refractivity contribution in [3.8, 4) is 0 Å². The molecule has 0 rings (SSSR count). The molecule has 3 N–H and O–H groups in total. The van der Waals surface area contributed by atoms with E-state index >= 15 is 0 Å². The van der Waals surface area contributed by atoms with Crippen molar-refractivity contribution in [1.29, 1.82) is 0 Å². The van der Waals surface area contributed by atoms with Crippen molar-refractivity contribution in [2.24, 2.45) is 0 Å². The summed E-state index contributed by atoms with van der Waals surface area (Å²) in [5, 5.41) is 23.3. The topological polar surface area (TPSA) is 95.9 Å². The second-order valence-electron chi connectivity index (χ2n) is 26.3. The van der Waals surface area contributed by atoms with Crippen molar-refractivity contribution >= 4 is 11.9 Å². The van der Waals surface area contributed by atoms with Gasteiger partial charge in [-0.1, -0.05) is 365 Å². The first-order chi connectivity index (χ1) is 41.5. The molecule has 0 spiro atoms. The number of ether oxygens (including phenoxy) is 1. The molecule has 0 aliphatic carbocycles. The molecule has 0 aliphatic rings. The number of carbonyl (C=O) groups excluding carboxylic acids is 2. The van der Waals surface area contributed by atoms with Crippen LogP contribution in [0.4, 0.5) is 0 Å². The molecule has 84 heavy (non-hydrogen) atoms. The number of aliphatic hydroxyl groups excluding tert-OH is 2. The van der Waals surface area contributed by atoms with Gasteiger partial charge in [-0.15, -0.1) is 0 Å². The van der Waals surface area contributed by atoms with Crippen LogP contribution in [-0.4, -0.2) is 47.4 Å². The molecule has 0 fully saturated rings. The van der Waals surface area contributed by atoms with E-state index in [-0.39, 0.29) is 18.5 Å². The summed E-state index contributed by atoms with van der Waals surface area (Å²) in [5.41, 5.74) is 0. The number of hydrogen-bond donors (Lipinski definition) is 3. The molecular weight excluding hydrogens is 1030 g/mol. The van der Waals surface area contributed by atoms with Crippen LogP contribution >= 0.6 is 0 Å². The highest BCUT2D eigenvalue weighted by Gasteiger charge is 2.18. The number of unbranched alkanes of at least 4 members (excludes halogenated alkanes) is 57. The molecule has 0 bridgehead atoms. The number of aliphatic hydroxyl groups is 2. The third kappa shape index (κ3) is 69.2. The maximum atomic E-state index is 12.5. The quantitative estimate of drug-likeness (QED) is 0.0320. The van der Waals surface area contributed by atoms with E-state index in [0.717, 1.165) is 44.9 Å². The van der Waals surface area contributed by atoms with Crippen LogP contribution < -0.4 is 5.32 Å². The zero-order valence-electron chi connectivity index (χ0n) is 56.9. The lowest BCUT2D eigenvalue weighted by Gasteiger charge is -2.20. The molecule has 0 aromatic rings. The fourth-order valence-corrected chi connectivity index (χ4v) is 12.0. The van der Waals surface area contributed by atoms with E-state index in [0.29, 0.717) is 19.4 Å². The van der Waals surface area contributed by atoms with E-state index < -0.39 is 12.1 Å². The van der Waals surface area contributed by atoms with Gasteiger partial charge in [0.05, 0.1) is 25.4 Å². The van der Waals surface area contributed by atoms with Gasteiger partial charge in [-0.2, -0.15) is 0 Å². The van der Waals surface area contributed by atoms with Crippen molar-refractivity contribution in [3.63, 3.8) is 0 Å². The minimum atomic E-state index is -0.848. The lowest BCUT2D eigenvalue weighted by Crippen LogP contribution is -2.45. The highest BCUT2D eigenvalue weighted by atomic mass is 16.5. The third-order valence-electron chi connectivity index (χ3n) is 17.9. The molecule has 1 amide bonds. The van der Waals surface area contributed by atoms with Crippen LogP contribution in [0.2, 0.25) is 0 Å². The number of rotatable bonds is 72. The van der Waals surface area contributed by atoms with Crippen LogP contribution in [0, 0.1) is 0 Å². The average Bonchev–Trinajstić information content (AvgIpc) is 3.51. The maximum Gasteiger partial charge on any atom is 0.305 e. The second-order valence-corrected chi connectivity index (χ2v) is 26.3. The van der Waals surface area contributed by atoms with Crippen LogP contribution in [0.3, 0.4) is 0 Å². The highest BCUT2D eigenvalue weighted by Crippen LogP contribution is 2.19. The molecule has 0 aromatic heterocycles. The number of hydrogen-bond acceptors (Lipinski definition) is 5. The van der Waals surface area contributed by atoms with E-state index in [9.17, 15) is 19.8 Å². The number of esters is 1. The Labute approximate surface area is 525 Å². The Balaban J connectivity index is 3.42. The Bertz CT molecular complexity index is 1360. The van der Waals surface area contributed by atoms with E-state index in [4.69, 9.17) is 4.74 Å². The van der Waals surface area contributed by atoms with Crippen molar-refractivity contribution < 1.29 is 24.5 Å². The zero-order chi connectivity index (χ0) is 60.6. The second kappa shape index (κ2) is 73.5. The summed E-state index contributed by atoms with van der Waals surface area (Å²) in [6.07, 6.45) is 95.3. The summed E-state index contributed by atoms with van der Waals surface area (Å²) in [4.78, 5) is 24.6. The molecule has 2 unspecified atom stereocenters. The van der Waals surface area contributed by atoms with Gasteiger partial charge in [0.1, 0.15) is 0 Å². The molecule has 0 saturated carbocycles. The number of carbonyl (C=O) groups is 2. The third-order valence-corrected chi connectivity index (χ3v) is 17.9. The molecule has 0 radical (unpaired) electrons. The lowest BCUT2D eigenvalue weighted by atomic mass is 10.0. The van der Waals surface area contributed by atoms with Crippen LogP contribution in [0.1, 0.15) is 425 Å². The summed E-state index contributed by atoms with van der Waals surface area (Å²) in [6.45, 7) is 4.94. The van der Waals surface area contributed by atoms with Gasteiger partial charge in [-0.05, 0) is 83.5 Å². The van der Waals surface area contributed by atoms with Crippen LogP contribution in [0.15, 0.2) is 36.5 Å². The zero-order valence-corrected chi connectivity index (χ0v) is 56.9. The summed E-state index contributed by atoms with van der Waals surface area (Å²) >= 11 is 0. The van der Waals surface area contributed by atoms with Gasteiger partial charge < -0.3 is 20.3 Å². The Hall–Kier alpha value is -1.92. The van der Waals surface area contributed by atoms with Crippen molar-refractivity contribution in [1.82, 2.24) is 5.32 Å². The molecule has 0 aromatic carbocycles. The Morgan fingerprint density at radius 2 is 0.560 bits per heavy atom. The summed E-state index contributed by atoms with van der Waals surface area (Å²) in [7, 11) is 0. The van der Waals surface area contributed by atoms with Crippen LogP contribution in [0.25, 0.3) is 0 Å². The minimum Gasteiger partial charge on any atom is -0.466 e. The Morgan fingerprint density at radius 1 is 0.321 bits per heavy atom. The molecule has 0 heterocycles. The van der Waals surface area contributed by atoms with Gasteiger partial charge in [-0.25, -0.2) is 0 Å². The van der Waals surface area contributed by atoms with E-state index in [1.807, 2.05) is 6.08 Å². The first kappa shape index (κ1) is 82.1.